The Hall–Kier alpha value is -2.42. The second-order valence-electron chi connectivity index (χ2n) is 4.03. The van der Waals surface area contributed by atoms with Crippen LogP contribution < -0.4 is 5.32 Å². The Morgan fingerprint density at radius 3 is 2.94 bits per heavy atom. The van der Waals surface area contributed by atoms with Gasteiger partial charge in [-0.3, -0.25) is 4.68 Å². The van der Waals surface area contributed by atoms with Crippen LogP contribution in [0.25, 0.3) is 0 Å². The van der Waals surface area contributed by atoms with Crippen LogP contribution in [-0.4, -0.2) is 26.3 Å². The van der Waals surface area contributed by atoms with E-state index in [0.29, 0.717) is 18.2 Å². The van der Waals surface area contributed by atoms with E-state index in [1.165, 1.54) is 0 Å². The van der Waals surface area contributed by atoms with Gasteiger partial charge in [0.25, 0.3) is 0 Å². The number of hydrogen-bond donors (Lipinski definition) is 1. The Bertz CT molecular complexity index is 580. The molecule has 2 aromatic rings. The van der Waals surface area contributed by atoms with E-state index in [1.807, 2.05) is 32.4 Å². The minimum absolute atomic E-state index is 0.381. The summed E-state index contributed by atoms with van der Waals surface area (Å²) in [5, 5.41) is 16.0. The van der Waals surface area contributed by atoms with Crippen molar-refractivity contribution in [1.82, 2.24) is 19.7 Å². The summed E-state index contributed by atoms with van der Waals surface area (Å²) in [6, 6.07) is 3.67. The van der Waals surface area contributed by atoms with Crippen molar-refractivity contribution < 1.29 is 0 Å². The van der Waals surface area contributed by atoms with Gasteiger partial charge in [0, 0.05) is 25.5 Å². The van der Waals surface area contributed by atoms with Crippen LogP contribution in [0, 0.1) is 18.3 Å². The Morgan fingerprint density at radius 1 is 1.44 bits per heavy atom. The molecule has 0 fully saturated rings. The van der Waals surface area contributed by atoms with Gasteiger partial charge < -0.3 is 5.32 Å². The van der Waals surface area contributed by atoms with E-state index < -0.39 is 0 Å². The van der Waals surface area contributed by atoms with Crippen LogP contribution in [-0.2, 0) is 13.5 Å². The lowest BCUT2D eigenvalue weighted by Gasteiger charge is -2.04. The minimum Gasteiger partial charge on any atom is -0.354 e. The van der Waals surface area contributed by atoms with Gasteiger partial charge in [0.05, 0.1) is 6.20 Å². The zero-order valence-corrected chi connectivity index (χ0v) is 10.4. The first-order valence-corrected chi connectivity index (χ1v) is 5.64. The maximum Gasteiger partial charge on any atom is 0.224 e. The predicted molar refractivity (Wildman–Crippen MR) is 66.9 cm³/mol. The molecule has 0 atom stereocenters. The number of hydrogen-bond acceptors (Lipinski definition) is 5. The summed E-state index contributed by atoms with van der Waals surface area (Å²) in [6.45, 7) is 2.55. The van der Waals surface area contributed by atoms with Gasteiger partial charge >= 0.3 is 0 Å². The van der Waals surface area contributed by atoms with Gasteiger partial charge in [0.1, 0.15) is 11.8 Å². The van der Waals surface area contributed by atoms with Crippen molar-refractivity contribution in [2.24, 2.45) is 7.05 Å². The molecule has 0 aliphatic rings. The van der Waals surface area contributed by atoms with Crippen molar-refractivity contribution in [3.05, 3.63) is 35.4 Å². The smallest absolute Gasteiger partial charge is 0.224 e. The first-order chi connectivity index (χ1) is 8.67. The third-order valence-electron chi connectivity index (χ3n) is 2.42. The Labute approximate surface area is 105 Å². The number of aryl methyl sites for hydroxylation is 2. The summed E-state index contributed by atoms with van der Waals surface area (Å²) in [6.07, 6.45) is 4.64. The van der Waals surface area contributed by atoms with Gasteiger partial charge in [-0.2, -0.15) is 10.4 Å². The van der Waals surface area contributed by atoms with Crippen LogP contribution in [0.5, 0.6) is 0 Å². The van der Waals surface area contributed by atoms with E-state index in [1.54, 1.807) is 10.7 Å². The van der Waals surface area contributed by atoms with Crippen LogP contribution in [0.4, 0.5) is 5.95 Å². The average Bonchev–Trinajstić information content (AvgIpc) is 2.74. The van der Waals surface area contributed by atoms with Gasteiger partial charge in [-0.05, 0) is 25.0 Å². The molecule has 0 aliphatic heterocycles. The average molecular weight is 242 g/mol. The number of rotatable bonds is 4. The molecule has 0 bridgehead atoms. The SMILES string of the molecule is Cc1cc(C#N)nc(NCCc2cnn(C)c2)n1. The number of nitriles is 1. The largest absolute Gasteiger partial charge is 0.354 e. The number of anilines is 1. The summed E-state index contributed by atoms with van der Waals surface area (Å²) in [5.74, 6) is 0.496. The molecule has 92 valence electrons. The van der Waals surface area contributed by atoms with Crippen LogP contribution in [0.15, 0.2) is 18.5 Å². The standard InChI is InChI=1S/C12H14N6/c1-9-5-11(6-13)17-12(16-9)14-4-3-10-7-15-18(2)8-10/h5,7-8H,3-4H2,1-2H3,(H,14,16,17). The molecule has 0 aromatic carbocycles. The van der Waals surface area contributed by atoms with E-state index in [9.17, 15) is 0 Å². The summed E-state index contributed by atoms with van der Waals surface area (Å²) in [7, 11) is 1.89. The molecule has 0 saturated heterocycles. The topological polar surface area (TPSA) is 79.4 Å². The second kappa shape index (κ2) is 5.27. The molecule has 1 N–H and O–H groups in total. The molecule has 2 heterocycles. The lowest BCUT2D eigenvalue weighted by molar-refractivity contribution is 0.766. The molecule has 0 spiro atoms. The molecule has 6 heteroatoms. The first kappa shape index (κ1) is 12.0. The molecular formula is C12H14N6. The monoisotopic (exact) mass is 242 g/mol. The van der Waals surface area contributed by atoms with Crippen molar-refractivity contribution in [2.75, 3.05) is 11.9 Å². The zero-order valence-electron chi connectivity index (χ0n) is 10.4. The molecule has 0 aliphatic carbocycles. The van der Waals surface area contributed by atoms with Crippen molar-refractivity contribution in [3.8, 4) is 6.07 Å². The molecule has 6 nitrogen and oxygen atoms in total. The third-order valence-corrected chi connectivity index (χ3v) is 2.42. The Kier molecular flexibility index (Phi) is 3.53. The first-order valence-electron chi connectivity index (χ1n) is 5.64. The lowest BCUT2D eigenvalue weighted by Crippen LogP contribution is -2.09. The summed E-state index contributed by atoms with van der Waals surface area (Å²) in [4.78, 5) is 8.31. The molecule has 2 aromatic heterocycles. The quantitative estimate of drug-likeness (QED) is 0.866. The molecule has 0 radical (unpaired) electrons. The molecule has 2 rings (SSSR count). The van der Waals surface area contributed by atoms with Gasteiger partial charge in [0.15, 0.2) is 0 Å². The van der Waals surface area contributed by atoms with E-state index in [4.69, 9.17) is 5.26 Å². The van der Waals surface area contributed by atoms with Gasteiger partial charge in [-0.25, -0.2) is 9.97 Å². The van der Waals surface area contributed by atoms with E-state index >= 15 is 0 Å². The summed E-state index contributed by atoms with van der Waals surface area (Å²) < 4.78 is 1.77. The molecular weight excluding hydrogens is 228 g/mol. The minimum atomic E-state index is 0.381. The number of aromatic nitrogens is 4. The zero-order chi connectivity index (χ0) is 13.0. The van der Waals surface area contributed by atoms with E-state index in [2.05, 4.69) is 20.4 Å². The fraction of sp³-hybridized carbons (Fsp3) is 0.333. The van der Waals surface area contributed by atoms with Gasteiger partial charge in [-0.1, -0.05) is 0 Å². The lowest BCUT2D eigenvalue weighted by atomic mass is 10.2. The van der Waals surface area contributed by atoms with Crippen molar-refractivity contribution in [2.45, 2.75) is 13.3 Å². The summed E-state index contributed by atoms with van der Waals surface area (Å²) >= 11 is 0. The highest BCUT2D eigenvalue weighted by Gasteiger charge is 2.01. The third kappa shape index (κ3) is 3.04. The highest BCUT2D eigenvalue weighted by atomic mass is 15.2. The Morgan fingerprint density at radius 2 is 2.28 bits per heavy atom. The summed E-state index contributed by atoms with van der Waals surface area (Å²) in [5.41, 5.74) is 2.31. The maximum atomic E-state index is 8.81. The van der Waals surface area contributed by atoms with Gasteiger partial charge in [-0.15, -0.1) is 0 Å². The normalized spacial score (nSPS) is 10.1. The van der Waals surface area contributed by atoms with Crippen molar-refractivity contribution in [3.63, 3.8) is 0 Å². The number of nitrogens with one attached hydrogen (secondary N) is 1. The predicted octanol–water partition coefficient (Wildman–Crippen LogP) is 1.04. The Balaban J connectivity index is 1.94. The highest BCUT2D eigenvalue weighted by molar-refractivity contribution is 5.33. The highest BCUT2D eigenvalue weighted by Crippen LogP contribution is 2.04. The van der Waals surface area contributed by atoms with Crippen LogP contribution >= 0.6 is 0 Å². The van der Waals surface area contributed by atoms with Crippen LogP contribution in [0.1, 0.15) is 17.0 Å². The fourth-order valence-corrected chi connectivity index (χ4v) is 1.62. The van der Waals surface area contributed by atoms with E-state index in [0.717, 1.165) is 17.7 Å². The molecule has 0 saturated carbocycles. The molecule has 18 heavy (non-hydrogen) atoms. The molecule has 0 amide bonds. The maximum absolute atomic E-state index is 8.81. The fourth-order valence-electron chi connectivity index (χ4n) is 1.62. The number of nitrogens with zero attached hydrogens (tertiary/aromatic N) is 5. The van der Waals surface area contributed by atoms with Gasteiger partial charge in [0.2, 0.25) is 5.95 Å². The van der Waals surface area contributed by atoms with Crippen molar-refractivity contribution in [1.29, 1.82) is 5.26 Å². The second-order valence-corrected chi connectivity index (χ2v) is 4.03. The van der Waals surface area contributed by atoms with Crippen LogP contribution in [0.3, 0.4) is 0 Å². The molecule has 0 unspecified atom stereocenters. The van der Waals surface area contributed by atoms with Crippen molar-refractivity contribution >= 4 is 5.95 Å². The van der Waals surface area contributed by atoms with E-state index in [-0.39, 0.29) is 0 Å². The van der Waals surface area contributed by atoms with Crippen LogP contribution in [0.2, 0.25) is 0 Å².